The highest BCUT2D eigenvalue weighted by Crippen LogP contribution is 2.24. The van der Waals surface area contributed by atoms with Gasteiger partial charge in [0.1, 0.15) is 0 Å². The summed E-state index contributed by atoms with van der Waals surface area (Å²) in [4.78, 5) is 4.31. The maximum absolute atomic E-state index is 5.99. The molecule has 0 amide bonds. The Kier molecular flexibility index (Phi) is 4.35. The van der Waals surface area contributed by atoms with E-state index in [2.05, 4.69) is 46.7 Å². The zero-order chi connectivity index (χ0) is 15.4. The van der Waals surface area contributed by atoms with Crippen LogP contribution >= 0.6 is 11.6 Å². The van der Waals surface area contributed by atoms with E-state index < -0.39 is 0 Å². The molecule has 3 aromatic rings. The Morgan fingerprint density at radius 1 is 1.14 bits per heavy atom. The van der Waals surface area contributed by atoms with Crippen molar-refractivity contribution in [3.05, 3.63) is 70.9 Å². The lowest BCUT2D eigenvalue weighted by atomic mass is 10.1. The quantitative estimate of drug-likeness (QED) is 0.550. The van der Waals surface area contributed by atoms with Crippen LogP contribution in [0.25, 0.3) is 10.9 Å². The van der Waals surface area contributed by atoms with Gasteiger partial charge in [-0.2, -0.15) is 5.10 Å². The average Bonchev–Trinajstić information content (AvgIpc) is 2.55. The van der Waals surface area contributed by atoms with Crippen molar-refractivity contribution in [3.63, 3.8) is 0 Å². The molecule has 0 saturated heterocycles. The van der Waals surface area contributed by atoms with Gasteiger partial charge in [-0.15, -0.1) is 0 Å². The summed E-state index contributed by atoms with van der Waals surface area (Å²) >= 11 is 5.99. The maximum atomic E-state index is 5.99. The van der Waals surface area contributed by atoms with Crippen LogP contribution in [0, 0.1) is 0 Å². The van der Waals surface area contributed by atoms with Crippen molar-refractivity contribution in [2.75, 3.05) is 5.43 Å². The van der Waals surface area contributed by atoms with E-state index in [1.807, 2.05) is 30.5 Å². The van der Waals surface area contributed by atoms with Crippen LogP contribution in [0.4, 0.5) is 5.69 Å². The Hall–Kier alpha value is -2.39. The monoisotopic (exact) mass is 309 g/mol. The lowest BCUT2D eigenvalue weighted by Crippen LogP contribution is -1.93. The van der Waals surface area contributed by atoms with Crippen LogP contribution in [0.3, 0.4) is 0 Å². The van der Waals surface area contributed by atoms with Gasteiger partial charge in [0.2, 0.25) is 0 Å². The number of hydrazone groups is 1. The second-order valence-electron chi connectivity index (χ2n) is 4.99. The second kappa shape index (κ2) is 6.58. The van der Waals surface area contributed by atoms with Crippen molar-refractivity contribution in [1.29, 1.82) is 0 Å². The molecule has 0 aliphatic carbocycles. The molecule has 2 aromatic carbocycles. The van der Waals surface area contributed by atoms with E-state index in [0.717, 1.165) is 28.6 Å². The van der Waals surface area contributed by atoms with Crippen LogP contribution in [0.2, 0.25) is 5.02 Å². The van der Waals surface area contributed by atoms with Gasteiger partial charge in [-0.3, -0.25) is 10.4 Å². The van der Waals surface area contributed by atoms with Crippen molar-refractivity contribution in [1.82, 2.24) is 4.98 Å². The summed E-state index contributed by atoms with van der Waals surface area (Å²) in [7, 11) is 0. The molecular formula is C18H16ClN3. The van der Waals surface area contributed by atoms with E-state index in [9.17, 15) is 0 Å². The normalized spacial score (nSPS) is 11.2. The Labute approximate surface area is 134 Å². The summed E-state index contributed by atoms with van der Waals surface area (Å²) in [5.74, 6) is 0. The molecule has 0 bridgehead atoms. The Morgan fingerprint density at radius 2 is 1.95 bits per heavy atom. The first-order valence-electron chi connectivity index (χ1n) is 7.18. The first-order valence-corrected chi connectivity index (χ1v) is 7.56. The zero-order valence-electron chi connectivity index (χ0n) is 12.3. The first kappa shape index (κ1) is 14.5. The molecule has 1 heterocycles. The number of pyridine rings is 1. The van der Waals surface area contributed by atoms with E-state index in [4.69, 9.17) is 11.6 Å². The van der Waals surface area contributed by atoms with Crippen LogP contribution in [0.1, 0.15) is 18.1 Å². The highest BCUT2D eigenvalue weighted by atomic mass is 35.5. The molecule has 1 aromatic heterocycles. The first-order chi connectivity index (χ1) is 10.8. The third-order valence-corrected chi connectivity index (χ3v) is 3.73. The van der Waals surface area contributed by atoms with Gasteiger partial charge in [-0.1, -0.05) is 42.8 Å². The van der Waals surface area contributed by atoms with Crippen molar-refractivity contribution in [3.8, 4) is 0 Å². The number of benzene rings is 2. The summed E-state index contributed by atoms with van der Waals surface area (Å²) < 4.78 is 0. The summed E-state index contributed by atoms with van der Waals surface area (Å²) in [6.45, 7) is 2.14. The molecule has 0 aliphatic rings. The maximum Gasteiger partial charge on any atom is 0.0738 e. The standard InChI is InChI=1S/C18H16ClN3/c1-2-13-3-5-14(6-4-13)12-21-22-17-9-10-20-18-11-15(19)7-8-16(17)18/h3-12H,2H2,1H3,(H,20,22)/b21-12+. The van der Waals surface area contributed by atoms with Gasteiger partial charge in [0.15, 0.2) is 0 Å². The van der Waals surface area contributed by atoms with Gasteiger partial charge in [0.05, 0.1) is 17.4 Å². The Morgan fingerprint density at radius 3 is 2.73 bits per heavy atom. The van der Waals surface area contributed by atoms with Gasteiger partial charge in [-0.25, -0.2) is 0 Å². The highest BCUT2D eigenvalue weighted by Gasteiger charge is 2.01. The van der Waals surface area contributed by atoms with E-state index in [1.165, 1.54) is 5.56 Å². The topological polar surface area (TPSA) is 37.3 Å². The Bertz CT molecular complexity index is 810. The number of anilines is 1. The highest BCUT2D eigenvalue weighted by molar-refractivity contribution is 6.31. The predicted molar refractivity (Wildman–Crippen MR) is 93.8 cm³/mol. The van der Waals surface area contributed by atoms with Crippen LogP contribution < -0.4 is 5.43 Å². The molecule has 0 radical (unpaired) electrons. The minimum Gasteiger partial charge on any atom is -0.278 e. The molecular weight excluding hydrogens is 294 g/mol. The molecule has 22 heavy (non-hydrogen) atoms. The number of hydrogen-bond donors (Lipinski definition) is 1. The minimum absolute atomic E-state index is 0.677. The molecule has 0 saturated carbocycles. The molecule has 3 nitrogen and oxygen atoms in total. The molecule has 3 rings (SSSR count). The average molecular weight is 310 g/mol. The third-order valence-electron chi connectivity index (χ3n) is 3.49. The van der Waals surface area contributed by atoms with E-state index >= 15 is 0 Å². The van der Waals surface area contributed by atoms with Crippen molar-refractivity contribution in [2.24, 2.45) is 5.10 Å². The number of aromatic nitrogens is 1. The number of hydrogen-bond acceptors (Lipinski definition) is 3. The van der Waals surface area contributed by atoms with Crippen molar-refractivity contribution in [2.45, 2.75) is 13.3 Å². The van der Waals surface area contributed by atoms with Gasteiger partial charge < -0.3 is 0 Å². The molecule has 0 aliphatic heterocycles. The molecule has 4 heteroatoms. The smallest absolute Gasteiger partial charge is 0.0738 e. The molecule has 1 N–H and O–H groups in total. The molecule has 0 fully saturated rings. The number of fused-ring (bicyclic) bond motifs is 1. The minimum atomic E-state index is 0.677. The number of aryl methyl sites for hydroxylation is 1. The van der Waals surface area contributed by atoms with Crippen molar-refractivity contribution < 1.29 is 0 Å². The number of halogens is 1. The van der Waals surface area contributed by atoms with E-state index in [-0.39, 0.29) is 0 Å². The summed E-state index contributed by atoms with van der Waals surface area (Å²) in [5.41, 5.74) is 7.21. The third kappa shape index (κ3) is 3.26. The SMILES string of the molecule is CCc1ccc(/C=N/Nc2ccnc3cc(Cl)ccc23)cc1. The van der Waals surface area contributed by atoms with Gasteiger partial charge in [0.25, 0.3) is 0 Å². The van der Waals surface area contributed by atoms with Crippen molar-refractivity contribution >= 4 is 34.4 Å². The predicted octanol–water partition coefficient (Wildman–Crippen LogP) is 4.90. The van der Waals surface area contributed by atoms with Gasteiger partial charge in [0, 0.05) is 16.6 Å². The summed E-state index contributed by atoms with van der Waals surface area (Å²) in [6, 6.07) is 15.9. The summed E-state index contributed by atoms with van der Waals surface area (Å²) in [5, 5.41) is 5.97. The fraction of sp³-hybridized carbons (Fsp3) is 0.111. The van der Waals surface area contributed by atoms with E-state index in [1.54, 1.807) is 6.20 Å². The van der Waals surface area contributed by atoms with Crippen LogP contribution in [0.5, 0.6) is 0 Å². The van der Waals surface area contributed by atoms with Gasteiger partial charge in [-0.05, 0) is 41.8 Å². The molecule has 0 unspecified atom stereocenters. The van der Waals surface area contributed by atoms with Crippen LogP contribution in [-0.2, 0) is 6.42 Å². The van der Waals surface area contributed by atoms with Crippen LogP contribution in [-0.4, -0.2) is 11.2 Å². The zero-order valence-corrected chi connectivity index (χ0v) is 13.0. The number of rotatable bonds is 4. The summed E-state index contributed by atoms with van der Waals surface area (Å²) in [6.07, 6.45) is 4.59. The lowest BCUT2D eigenvalue weighted by molar-refractivity contribution is 1.14. The lowest BCUT2D eigenvalue weighted by Gasteiger charge is -2.05. The number of nitrogens with zero attached hydrogens (tertiary/aromatic N) is 2. The molecule has 0 spiro atoms. The van der Waals surface area contributed by atoms with E-state index in [0.29, 0.717) is 5.02 Å². The second-order valence-corrected chi connectivity index (χ2v) is 5.42. The fourth-order valence-corrected chi connectivity index (χ4v) is 2.40. The Balaban J connectivity index is 1.79. The fourth-order valence-electron chi connectivity index (χ4n) is 2.23. The van der Waals surface area contributed by atoms with Crippen LogP contribution in [0.15, 0.2) is 59.8 Å². The number of nitrogens with one attached hydrogen (secondary N) is 1. The molecule has 110 valence electrons. The largest absolute Gasteiger partial charge is 0.278 e. The van der Waals surface area contributed by atoms with Gasteiger partial charge >= 0.3 is 0 Å². The molecule has 0 atom stereocenters.